The molecule has 3 rings (SSSR count). The highest BCUT2D eigenvalue weighted by atomic mass is 79.9. The van der Waals surface area contributed by atoms with E-state index in [1.54, 1.807) is 18.4 Å². The molecule has 21 heavy (non-hydrogen) atoms. The van der Waals surface area contributed by atoms with Gasteiger partial charge in [0.25, 0.3) is 0 Å². The van der Waals surface area contributed by atoms with Crippen molar-refractivity contribution >= 4 is 27.3 Å². The standard InChI is InChI=1S/C16H19BrN2OS/c1-3-18-12-5-4-6-13-15(12)21-16(19-13)11-9-10(17)7-8-14(11)20-2/h7-9,12,18H,3-6H2,1-2H3. The van der Waals surface area contributed by atoms with Crippen LogP contribution in [-0.2, 0) is 6.42 Å². The second-order valence-corrected chi connectivity index (χ2v) is 7.12. The zero-order valence-electron chi connectivity index (χ0n) is 12.3. The average molecular weight is 367 g/mol. The molecule has 0 spiro atoms. The van der Waals surface area contributed by atoms with E-state index in [0.29, 0.717) is 6.04 Å². The molecule has 1 N–H and O–H groups in total. The maximum absolute atomic E-state index is 5.49. The maximum Gasteiger partial charge on any atom is 0.129 e. The number of hydrogen-bond acceptors (Lipinski definition) is 4. The number of hydrogen-bond donors (Lipinski definition) is 1. The largest absolute Gasteiger partial charge is 0.496 e. The van der Waals surface area contributed by atoms with Crippen molar-refractivity contribution in [2.45, 2.75) is 32.2 Å². The van der Waals surface area contributed by atoms with Crippen LogP contribution < -0.4 is 10.1 Å². The third-order valence-corrected chi connectivity index (χ3v) is 5.53. The van der Waals surface area contributed by atoms with Crippen LogP contribution >= 0.6 is 27.3 Å². The molecule has 1 aromatic heterocycles. The average Bonchev–Trinajstić information content (AvgIpc) is 2.92. The summed E-state index contributed by atoms with van der Waals surface area (Å²) in [7, 11) is 1.71. The highest BCUT2D eigenvalue weighted by molar-refractivity contribution is 9.10. The Balaban J connectivity index is 2.03. The summed E-state index contributed by atoms with van der Waals surface area (Å²) in [6.45, 7) is 3.16. The fourth-order valence-electron chi connectivity index (χ4n) is 2.82. The van der Waals surface area contributed by atoms with Crippen molar-refractivity contribution in [2.24, 2.45) is 0 Å². The monoisotopic (exact) mass is 366 g/mol. The first kappa shape index (κ1) is 15.0. The Morgan fingerprint density at radius 3 is 3.10 bits per heavy atom. The number of nitrogens with one attached hydrogen (secondary N) is 1. The minimum Gasteiger partial charge on any atom is -0.496 e. The Kier molecular flexibility index (Phi) is 4.62. The summed E-state index contributed by atoms with van der Waals surface area (Å²) in [5.74, 6) is 0.879. The van der Waals surface area contributed by atoms with Gasteiger partial charge in [-0.15, -0.1) is 11.3 Å². The van der Waals surface area contributed by atoms with E-state index in [9.17, 15) is 0 Å². The molecule has 2 aromatic rings. The molecule has 0 radical (unpaired) electrons. The van der Waals surface area contributed by atoms with Gasteiger partial charge in [0.05, 0.1) is 18.4 Å². The molecular weight excluding hydrogens is 348 g/mol. The van der Waals surface area contributed by atoms with Gasteiger partial charge in [-0.05, 0) is 44.0 Å². The second kappa shape index (κ2) is 6.46. The van der Waals surface area contributed by atoms with E-state index in [1.165, 1.54) is 23.4 Å². The third kappa shape index (κ3) is 3.00. The van der Waals surface area contributed by atoms with Gasteiger partial charge in [-0.25, -0.2) is 4.98 Å². The van der Waals surface area contributed by atoms with E-state index in [1.807, 2.05) is 12.1 Å². The minimum absolute atomic E-state index is 0.461. The molecular formula is C16H19BrN2OS. The molecule has 1 aromatic carbocycles. The molecule has 1 aliphatic rings. The van der Waals surface area contributed by atoms with Gasteiger partial charge in [0.2, 0.25) is 0 Å². The van der Waals surface area contributed by atoms with Crippen molar-refractivity contribution in [3.8, 4) is 16.3 Å². The molecule has 1 unspecified atom stereocenters. The molecule has 3 nitrogen and oxygen atoms in total. The molecule has 0 saturated carbocycles. The van der Waals surface area contributed by atoms with E-state index in [0.717, 1.165) is 33.8 Å². The van der Waals surface area contributed by atoms with Crippen LogP contribution in [0.25, 0.3) is 10.6 Å². The number of nitrogens with zero attached hydrogens (tertiary/aromatic N) is 1. The quantitative estimate of drug-likeness (QED) is 0.860. The normalized spacial score (nSPS) is 17.6. The fourth-order valence-corrected chi connectivity index (χ4v) is 4.43. The van der Waals surface area contributed by atoms with Crippen molar-refractivity contribution in [3.05, 3.63) is 33.2 Å². The highest BCUT2D eigenvalue weighted by Gasteiger charge is 2.25. The first-order valence-corrected chi connectivity index (χ1v) is 8.90. The molecule has 1 heterocycles. The van der Waals surface area contributed by atoms with Gasteiger partial charge in [0.15, 0.2) is 0 Å². The van der Waals surface area contributed by atoms with Gasteiger partial charge in [0, 0.05) is 15.4 Å². The fraction of sp³-hybridized carbons (Fsp3) is 0.438. The molecule has 0 saturated heterocycles. The van der Waals surface area contributed by atoms with E-state index < -0.39 is 0 Å². The van der Waals surface area contributed by atoms with Crippen molar-refractivity contribution in [1.82, 2.24) is 10.3 Å². The van der Waals surface area contributed by atoms with Crippen LogP contribution in [0.15, 0.2) is 22.7 Å². The lowest BCUT2D eigenvalue weighted by atomic mass is 9.98. The maximum atomic E-state index is 5.49. The highest BCUT2D eigenvalue weighted by Crippen LogP contribution is 2.41. The Hall–Kier alpha value is -0.910. The number of aryl methyl sites for hydroxylation is 1. The van der Waals surface area contributed by atoms with Crippen LogP contribution in [0.5, 0.6) is 5.75 Å². The molecule has 0 bridgehead atoms. The van der Waals surface area contributed by atoms with Crippen LogP contribution in [0.2, 0.25) is 0 Å². The second-order valence-electron chi connectivity index (χ2n) is 5.18. The van der Waals surface area contributed by atoms with Gasteiger partial charge in [-0.1, -0.05) is 22.9 Å². The smallest absolute Gasteiger partial charge is 0.129 e. The first-order chi connectivity index (χ1) is 10.2. The first-order valence-electron chi connectivity index (χ1n) is 7.29. The topological polar surface area (TPSA) is 34.2 Å². The van der Waals surface area contributed by atoms with Gasteiger partial charge < -0.3 is 10.1 Å². The molecule has 0 fully saturated rings. The van der Waals surface area contributed by atoms with Crippen molar-refractivity contribution in [2.75, 3.05) is 13.7 Å². The van der Waals surface area contributed by atoms with Crippen LogP contribution in [0.1, 0.15) is 36.4 Å². The molecule has 0 amide bonds. The van der Waals surface area contributed by atoms with Crippen LogP contribution in [0.3, 0.4) is 0 Å². The van der Waals surface area contributed by atoms with Crippen LogP contribution in [0.4, 0.5) is 0 Å². The zero-order valence-corrected chi connectivity index (χ0v) is 14.7. The van der Waals surface area contributed by atoms with E-state index in [-0.39, 0.29) is 0 Å². The molecule has 5 heteroatoms. The molecule has 112 valence electrons. The number of ether oxygens (including phenoxy) is 1. The Morgan fingerprint density at radius 1 is 1.48 bits per heavy atom. The number of fused-ring (bicyclic) bond motifs is 1. The summed E-state index contributed by atoms with van der Waals surface area (Å²) in [5.41, 5.74) is 2.33. The minimum atomic E-state index is 0.461. The number of aromatic nitrogens is 1. The number of thiazole rings is 1. The van der Waals surface area contributed by atoms with Gasteiger partial charge in [-0.3, -0.25) is 0 Å². The van der Waals surface area contributed by atoms with Crippen molar-refractivity contribution in [3.63, 3.8) is 0 Å². The predicted octanol–water partition coefficient (Wildman–Crippen LogP) is 4.57. The zero-order chi connectivity index (χ0) is 14.8. The van der Waals surface area contributed by atoms with Gasteiger partial charge >= 0.3 is 0 Å². The summed E-state index contributed by atoms with van der Waals surface area (Å²) in [6.07, 6.45) is 3.51. The summed E-state index contributed by atoms with van der Waals surface area (Å²) in [4.78, 5) is 6.28. The number of methoxy groups -OCH3 is 1. The third-order valence-electron chi connectivity index (χ3n) is 3.79. The van der Waals surface area contributed by atoms with Gasteiger partial charge in [0.1, 0.15) is 10.8 Å². The van der Waals surface area contributed by atoms with Crippen molar-refractivity contribution in [1.29, 1.82) is 0 Å². The summed E-state index contributed by atoms with van der Waals surface area (Å²) >= 11 is 5.34. The van der Waals surface area contributed by atoms with E-state index >= 15 is 0 Å². The van der Waals surface area contributed by atoms with Crippen LogP contribution in [-0.4, -0.2) is 18.6 Å². The lowest BCUT2D eigenvalue weighted by molar-refractivity contribution is 0.416. The predicted molar refractivity (Wildman–Crippen MR) is 91.2 cm³/mol. The summed E-state index contributed by atoms with van der Waals surface area (Å²) in [5, 5.41) is 4.63. The summed E-state index contributed by atoms with van der Waals surface area (Å²) in [6, 6.07) is 6.53. The number of halogens is 1. The van der Waals surface area contributed by atoms with Crippen molar-refractivity contribution < 1.29 is 4.74 Å². The number of benzene rings is 1. The van der Waals surface area contributed by atoms with Gasteiger partial charge in [-0.2, -0.15) is 0 Å². The molecule has 1 aliphatic carbocycles. The summed E-state index contributed by atoms with van der Waals surface area (Å²) < 4.78 is 6.54. The Bertz CT molecular complexity index is 641. The Morgan fingerprint density at radius 2 is 2.33 bits per heavy atom. The SMILES string of the molecule is CCNC1CCCc2nc(-c3cc(Br)ccc3OC)sc21. The Labute approximate surface area is 137 Å². The lowest BCUT2D eigenvalue weighted by Crippen LogP contribution is -2.23. The lowest BCUT2D eigenvalue weighted by Gasteiger charge is -2.21. The molecule has 0 aliphatic heterocycles. The molecule has 1 atom stereocenters. The van der Waals surface area contributed by atoms with E-state index in [4.69, 9.17) is 9.72 Å². The van der Waals surface area contributed by atoms with E-state index in [2.05, 4.69) is 34.2 Å². The number of rotatable bonds is 4. The van der Waals surface area contributed by atoms with Crippen LogP contribution in [0, 0.1) is 0 Å².